The molecule has 0 aliphatic carbocycles. The minimum absolute atomic E-state index is 0.105. The highest BCUT2D eigenvalue weighted by Crippen LogP contribution is 2.37. The molecule has 1 amide bonds. The Hall–Kier alpha value is -2.92. The van der Waals surface area contributed by atoms with E-state index in [1.165, 1.54) is 6.07 Å². The summed E-state index contributed by atoms with van der Waals surface area (Å²) in [7, 11) is 0. The predicted molar refractivity (Wildman–Crippen MR) is 94.2 cm³/mol. The smallest absolute Gasteiger partial charge is 0.251 e. The maximum Gasteiger partial charge on any atom is 0.251 e. The number of hydrogen-bond acceptors (Lipinski definition) is 4. The number of carbonyl (C=O) groups excluding carboxylic acids is 1. The molecule has 3 heterocycles. The monoisotopic (exact) mass is 354 g/mol. The highest BCUT2D eigenvalue weighted by Gasteiger charge is 2.38. The van der Waals surface area contributed by atoms with Gasteiger partial charge in [-0.25, -0.2) is 13.9 Å². The normalized spacial score (nSPS) is 20.8. The largest absolute Gasteiger partial charge is 0.366 e. The second kappa shape index (κ2) is 5.81. The van der Waals surface area contributed by atoms with Crippen molar-refractivity contribution in [2.45, 2.75) is 25.2 Å². The van der Waals surface area contributed by atoms with Crippen molar-refractivity contribution in [2.75, 3.05) is 19.6 Å². The number of nitriles is 1. The molecular weight excluding hydrogens is 335 g/mol. The number of likely N-dealkylation sites (tertiary alicyclic amines) is 1. The Morgan fingerprint density at radius 2 is 2.35 bits per heavy atom. The summed E-state index contributed by atoms with van der Waals surface area (Å²) in [6.07, 6.45) is 3.34. The lowest BCUT2D eigenvalue weighted by molar-refractivity contribution is 0.100. The summed E-state index contributed by atoms with van der Waals surface area (Å²) in [6, 6.07) is 4.63. The van der Waals surface area contributed by atoms with Crippen molar-refractivity contribution >= 4 is 22.6 Å². The van der Waals surface area contributed by atoms with E-state index >= 15 is 0 Å². The van der Waals surface area contributed by atoms with Crippen molar-refractivity contribution in [3.63, 3.8) is 0 Å². The third-order valence-corrected chi connectivity index (χ3v) is 5.30. The van der Waals surface area contributed by atoms with E-state index in [-0.39, 0.29) is 11.0 Å². The number of amides is 1. The van der Waals surface area contributed by atoms with Gasteiger partial charge < -0.3 is 10.6 Å². The molecule has 0 radical (unpaired) electrons. The predicted octanol–water partition coefficient (Wildman–Crippen LogP) is 1.93. The first-order valence-electron chi connectivity index (χ1n) is 8.51. The van der Waals surface area contributed by atoms with Crippen LogP contribution in [0, 0.1) is 17.1 Å². The molecule has 1 saturated heterocycles. The second-order valence-corrected chi connectivity index (χ2v) is 7.14. The van der Waals surface area contributed by atoms with E-state index in [4.69, 9.17) is 11.0 Å². The van der Waals surface area contributed by atoms with Crippen LogP contribution in [0.25, 0.3) is 16.7 Å². The van der Waals surface area contributed by atoms with E-state index in [1.807, 2.05) is 6.20 Å². The molecule has 3 aromatic rings. The van der Waals surface area contributed by atoms with Gasteiger partial charge in [-0.1, -0.05) is 6.92 Å². The number of aromatic nitrogens is 3. The molecular formula is C18H19FN6O. The fourth-order valence-electron chi connectivity index (χ4n) is 3.98. The van der Waals surface area contributed by atoms with Crippen molar-refractivity contribution in [3.8, 4) is 6.07 Å². The van der Waals surface area contributed by atoms with E-state index in [9.17, 15) is 9.18 Å². The van der Waals surface area contributed by atoms with Crippen LogP contribution in [0.15, 0.2) is 18.3 Å². The number of aromatic amines is 1. The SMILES string of the molecule is CC1(c2c[nH]n3c2nc2cc(F)cc(C(N)=O)c23)CCN(CCC#N)C1. The second-order valence-electron chi connectivity index (χ2n) is 7.14. The van der Waals surface area contributed by atoms with Crippen molar-refractivity contribution in [2.24, 2.45) is 5.73 Å². The van der Waals surface area contributed by atoms with Gasteiger partial charge in [-0.05, 0) is 19.0 Å². The number of carbonyl (C=O) groups is 1. The molecule has 26 heavy (non-hydrogen) atoms. The lowest BCUT2D eigenvalue weighted by atomic mass is 9.83. The summed E-state index contributed by atoms with van der Waals surface area (Å²) in [5.41, 5.74) is 7.98. The first kappa shape index (κ1) is 16.5. The van der Waals surface area contributed by atoms with E-state index in [0.717, 1.165) is 37.7 Å². The summed E-state index contributed by atoms with van der Waals surface area (Å²) in [4.78, 5) is 18.6. The molecule has 4 rings (SSSR count). The van der Waals surface area contributed by atoms with Crippen LogP contribution in [0.1, 0.15) is 35.7 Å². The molecule has 3 N–H and O–H groups in total. The Morgan fingerprint density at radius 1 is 1.54 bits per heavy atom. The molecule has 134 valence electrons. The van der Waals surface area contributed by atoms with Crippen molar-refractivity contribution in [1.29, 1.82) is 5.26 Å². The van der Waals surface area contributed by atoms with Gasteiger partial charge in [-0.3, -0.25) is 9.89 Å². The van der Waals surface area contributed by atoms with Gasteiger partial charge in [-0.15, -0.1) is 0 Å². The Kier molecular flexibility index (Phi) is 3.70. The maximum atomic E-state index is 13.8. The molecule has 1 atom stereocenters. The summed E-state index contributed by atoms with van der Waals surface area (Å²) >= 11 is 0. The average Bonchev–Trinajstić information content (AvgIpc) is 3.25. The van der Waals surface area contributed by atoms with Crippen LogP contribution < -0.4 is 5.73 Å². The molecule has 0 spiro atoms. The van der Waals surface area contributed by atoms with Gasteiger partial charge in [0, 0.05) is 42.8 Å². The number of benzene rings is 1. The number of primary amides is 1. The zero-order chi connectivity index (χ0) is 18.5. The summed E-state index contributed by atoms with van der Waals surface area (Å²) in [5, 5.41) is 11.9. The number of hydrogen-bond donors (Lipinski definition) is 2. The quantitative estimate of drug-likeness (QED) is 0.747. The maximum absolute atomic E-state index is 13.8. The fraction of sp³-hybridized carbons (Fsp3) is 0.389. The summed E-state index contributed by atoms with van der Waals surface area (Å²) in [5.74, 6) is -1.23. The number of rotatable bonds is 4. The van der Waals surface area contributed by atoms with Crippen LogP contribution in [0.3, 0.4) is 0 Å². The number of H-pyrrole nitrogens is 1. The first-order valence-corrected chi connectivity index (χ1v) is 8.51. The van der Waals surface area contributed by atoms with Gasteiger partial charge in [0.15, 0.2) is 5.65 Å². The summed E-state index contributed by atoms with van der Waals surface area (Å²) < 4.78 is 15.5. The van der Waals surface area contributed by atoms with Crippen molar-refractivity contribution in [3.05, 3.63) is 35.3 Å². The lowest BCUT2D eigenvalue weighted by Crippen LogP contribution is -2.28. The Labute approximate surface area is 149 Å². The van der Waals surface area contributed by atoms with E-state index < -0.39 is 11.7 Å². The third kappa shape index (κ3) is 2.44. The molecule has 2 aromatic heterocycles. The molecule has 1 aliphatic rings. The molecule has 0 bridgehead atoms. The standard InChI is InChI=1S/C18H19FN6O/c1-18(3-6-24(10-18)5-2-4-20)13-9-22-25-15-12(16(21)26)7-11(19)8-14(15)23-17(13)25/h7-9,22H,2-3,5-6,10H2,1H3,(H2,21,26). The Bertz CT molecular complexity index is 1060. The van der Waals surface area contributed by atoms with Crippen LogP contribution in [-0.4, -0.2) is 45.0 Å². The van der Waals surface area contributed by atoms with E-state index in [0.29, 0.717) is 23.1 Å². The van der Waals surface area contributed by atoms with Crippen molar-refractivity contribution in [1.82, 2.24) is 19.5 Å². The van der Waals surface area contributed by atoms with Crippen LogP contribution in [0.4, 0.5) is 4.39 Å². The highest BCUT2D eigenvalue weighted by atomic mass is 19.1. The topological polar surface area (TPSA) is 103 Å². The molecule has 1 unspecified atom stereocenters. The minimum atomic E-state index is -0.692. The average molecular weight is 354 g/mol. The first-order chi connectivity index (χ1) is 12.4. The highest BCUT2D eigenvalue weighted by molar-refractivity contribution is 6.05. The Morgan fingerprint density at radius 3 is 3.08 bits per heavy atom. The van der Waals surface area contributed by atoms with Crippen LogP contribution in [0.2, 0.25) is 0 Å². The zero-order valence-electron chi connectivity index (χ0n) is 14.4. The van der Waals surface area contributed by atoms with E-state index in [2.05, 4.69) is 28.0 Å². The fourth-order valence-corrected chi connectivity index (χ4v) is 3.98. The van der Waals surface area contributed by atoms with Crippen LogP contribution >= 0.6 is 0 Å². The van der Waals surface area contributed by atoms with Gasteiger partial charge in [0.25, 0.3) is 5.91 Å². The molecule has 1 aromatic carbocycles. The third-order valence-electron chi connectivity index (χ3n) is 5.30. The molecule has 1 aliphatic heterocycles. The number of nitrogens with one attached hydrogen (secondary N) is 1. The Balaban J connectivity index is 1.82. The van der Waals surface area contributed by atoms with E-state index in [1.54, 1.807) is 4.52 Å². The van der Waals surface area contributed by atoms with Crippen LogP contribution in [0.5, 0.6) is 0 Å². The molecule has 0 saturated carbocycles. The molecule has 1 fully saturated rings. The minimum Gasteiger partial charge on any atom is -0.366 e. The number of imidazole rings is 1. The lowest BCUT2D eigenvalue weighted by Gasteiger charge is -2.23. The van der Waals surface area contributed by atoms with Gasteiger partial charge in [0.05, 0.1) is 17.1 Å². The summed E-state index contributed by atoms with van der Waals surface area (Å²) in [6.45, 7) is 4.65. The van der Waals surface area contributed by atoms with Crippen LogP contribution in [-0.2, 0) is 5.41 Å². The zero-order valence-corrected chi connectivity index (χ0v) is 14.4. The van der Waals surface area contributed by atoms with Gasteiger partial charge >= 0.3 is 0 Å². The molecule has 8 heteroatoms. The van der Waals surface area contributed by atoms with Gasteiger partial charge in [-0.2, -0.15) is 5.26 Å². The van der Waals surface area contributed by atoms with Gasteiger partial charge in [0.2, 0.25) is 0 Å². The molecule has 7 nitrogen and oxygen atoms in total. The number of nitrogens with two attached hydrogens (primary N) is 1. The number of fused-ring (bicyclic) bond motifs is 3. The van der Waals surface area contributed by atoms with Gasteiger partial charge in [0.1, 0.15) is 11.3 Å². The van der Waals surface area contributed by atoms with Crippen molar-refractivity contribution < 1.29 is 9.18 Å². The number of nitrogens with zero attached hydrogens (tertiary/aromatic N) is 4. The number of halogens is 1.